The number of hydrogen-bond acceptors (Lipinski definition) is 2. The van der Waals surface area contributed by atoms with Crippen molar-refractivity contribution < 1.29 is 4.43 Å². The van der Waals surface area contributed by atoms with Crippen LogP contribution in [0.15, 0.2) is 103 Å². The zero-order valence-corrected chi connectivity index (χ0v) is 23.3. The fourth-order valence-electron chi connectivity index (χ4n) is 5.61. The van der Waals surface area contributed by atoms with Crippen LogP contribution in [0.2, 0.25) is 11.1 Å². The summed E-state index contributed by atoms with van der Waals surface area (Å²) < 4.78 is 7.75. The molecule has 4 aromatic rings. The van der Waals surface area contributed by atoms with E-state index in [0.717, 1.165) is 35.0 Å². The van der Waals surface area contributed by atoms with Crippen LogP contribution in [0, 0.1) is 18.8 Å². The molecule has 0 amide bonds. The van der Waals surface area contributed by atoms with Crippen molar-refractivity contribution in [2.24, 2.45) is 0 Å². The highest BCUT2D eigenvalue weighted by Crippen LogP contribution is 2.48. The Kier molecular flexibility index (Phi) is 6.90. The molecule has 0 saturated heterocycles. The van der Waals surface area contributed by atoms with Gasteiger partial charge in [0.2, 0.25) is 8.32 Å². The van der Waals surface area contributed by atoms with Gasteiger partial charge in [0.05, 0.1) is 0 Å². The number of nitrogens with zero attached hydrogens (tertiary/aromatic N) is 1. The average molecular weight is 502 g/mol. The Morgan fingerprint density at radius 1 is 0.811 bits per heavy atom. The van der Waals surface area contributed by atoms with E-state index >= 15 is 0 Å². The first-order valence-electron chi connectivity index (χ1n) is 13.2. The quantitative estimate of drug-likeness (QED) is 0.215. The van der Waals surface area contributed by atoms with Gasteiger partial charge in [-0.3, -0.25) is 4.98 Å². The Hall–Kier alpha value is -3.45. The van der Waals surface area contributed by atoms with Crippen LogP contribution in [0.1, 0.15) is 48.8 Å². The molecule has 2 heterocycles. The first-order chi connectivity index (χ1) is 17.8. The molecule has 3 aromatic carbocycles. The Bertz CT molecular complexity index is 1430. The van der Waals surface area contributed by atoms with E-state index in [-0.39, 0.29) is 5.04 Å². The van der Waals surface area contributed by atoms with Crippen LogP contribution in [0.25, 0.3) is 0 Å². The third-order valence-corrected chi connectivity index (χ3v) is 13.0. The lowest BCUT2D eigenvalue weighted by Crippen LogP contribution is -2.59. The van der Waals surface area contributed by atoms with Crippen LogP contribution in [0.3, 0.4) is 0 Å². The summed E-state index contributed by atoms with van der Waals surface area (Å²) in [6.07, 6.45) is 1.64. The third kappa shape index (κ3) is 5.05. The van der Waals surface area contributed by atoms with Gasteiger partial charge in [0, 0.05) is 23.4 Å². The van der Waals surface area contributed by atoms with E-state index in [1.165, 1.54) is 10.8 Å². The zero-order valence-electron chi connectivity index (χ0n) is 22.3. The van der Waals surface area contributed by atoms with E-state index in [1.54, 1.807) is 0 Å². The van der Waals surface area contributed by atoms with Crippen LogP contribution in [0.4, 0.5) is 0 Å². The Balaban J connectivity index is 1.75. The maximum atomic E-state index is 7.75. The van der Waals surface area contributed by atoms with Crippen LogP contribution < -0.4 is 5.19 Å². The largest absolute Gasteiger partial charge is 0.392 e. The van der Waals surface area contributed by atoms with Gasteiger partial charge in [-0.05, 0) is 65.0 Å². The molecule has 186 valence electrons. The highest BCUT2D eigenvalue weighted by atomic mass is 28.4. The summed E-state index contributed by atoms with van der Waals surface area (Å²) >= 11 is 0. The highest BCUT2D eigenvalue weighted by molar-refractivity contribution is 6.90. The summed E-state index contributed by atoms with van der Waals surface area (Å²) in [6.45, 7) is 9.11. The molecular weight excluding hydrogens is 466 g/mol. The smallest absolute Gasteiger partial charge is 0.232 e. The topological polar surface area (TPSA) is 22.1 Å². The van der Waals surface area contributed by atoms with E-state index in [0.29, 0.717) is 6.42 Å². The first-order valence-corrected chi connectivity index (χ1v) is 15.3. The summed E-state index contributed by atoms with van der Waals surface area (Å²) in [5.41, 5.74) is 4.66. The standard InChI is InChI=1S/C34H35NOSi/c1-27-14-13-20-31(35-27)26-34(30-18-9-6-10-19-30,24-22-28-15-7-5-8-16-28)36-37(33(2,3)4)25-23-29-17-11-12-21-32(29)37/h5-21H,23,25-26H2,1-4H3/t34-,37-/m1/s1. The second-order valence-corrected chi connectivity index (χ2v) is 15.5. The highest BCUT2D eigenvalue weighted by Gasteiger charge is 2.56. The number of pyridine rings is 1. The van der Waals surface area contributed by atoms with Gasteiger partial charge < -0.3 is 4.43 Å². The number of hydrogen-bond donors (Lipinski definition) is 0. The average Bonchev–Trinajstić information content (AvgIpc) is 3.28. The maximum Gasteiger partial charge on any atom is 0.232 e. The Morgan fingerprint density at radius 3 is 2.19 bits per heavy atom. The van der Waals surface area contributed by atoms with E-state index in [1.807, 2.05) is 31.2 Å². The van der Waals surface area contributed by atoms with Crippen molar-refractivity contribution in [3.8, 4) is 11.8 Å². The lowest BCUT2D eigenvalue weighted by molar-refractivity contribution is 0.111. The normalized spacial score (nSPS) is 18.4. The van der Waals surface area contributed by atoms with Gasteiger partial charge in [0.25, 0.3) is 0 Å². The molecule has 0 unspecified atom stereocenters. The first kappa shape index (κ1) is 25.2. The molecular formula is C34H35NOSi. The predicted molar refractivity (Wildman–Crippen MR) is 155 cm³/mol. The molecule has 3 heteroatoms. The van der Waals surface area contributed by atoms with Crippen molar-refractivity contribution in [2.75, 3.05) is 0 Å². The van der Waals surface area contributed by atoms with Crippen molar-refractivity contribution in [1.29, 1.82) is 0 Å². The van der Waals surface area contributed by atoms with Crippen LogP contribution >= 0.6 is 0 Å². The molecule has 0 N–H and O–H groups in total. The molecule has 0 spiro atoms. The molecule has 2 atom stereocenters. The van der Waals surface area contributed by atoms with E-state index in [4.69, 9.17) is 9.41 Å². The molecule has 0 bridgehead atoms. The monoisotopic (exact) mass is 501 g/mol. The van der Waals surface area contributed by atoms with Gasteiger partial charge in [0.1, 0.15) is 5.60 Å². The van der Waals surface area contributed by atoms with Gasteiger partial charge in [-0.25, -0.2) is 0 Å². The van der Waals surface area contributed by atoms with E-state index < -0.39 is 13.9 Å². The molecule has 1 aromatic heterocycles. The lowest BCUT2D eigenvalue weighted by Gasteiger charge is -2.46. The third-order valence-electron chi connectivity index (χ3n) is 7.56. The van der Waals surface area contributed by atoms with Crippen LogP contribution in [0.5, 0.6) is 0 Å². The Labute approximate surface area is 222 Å². The summed E-state index contributed by atoms with van der Waals surface area (Å²) in [5, 5.41) is 1.40. The Morgan fingerprint density at radius 2 is 1.49 bits per heavy atom. The molecule has 1 aliphatic heterocycles. The minimum atomic E-state index is -2.51. The summed E-state index contributed by atoms with van der Waals surface area (Å²) in [6, 6.07) is 37.0. The predicted octanol–water partition coefficient (Wildman–Crippen LogP) is 7.11. The summed E-state index contributed by atoms with van der Waals surface area (Å²) in [5.74, 6) is 7.22. The minimum Gasteiger partial charge on any atom is -0.392 e. The lowest BCUT2D eigenvalue weighted by atomic mass is 9.89. The second kappa shape index (κ2) is 10.1. The maximum absolute atomic E-state index is 7.75. The van der Waals surface area contributed by atoms with E-state index in [9.17, 15) is 0 Å². The second-order valence-electron chi connectivity index (χ2n) is 11.1. The summed E-state index contributed by atoms with van der Waals surface area (Å²) in [7, 11) is -2.51. The molecule has 1 aliphatic rings. The van der Waals surface area contributed by atoms with Gasteiger partial charge in [0.15, 0.2) is 0 Å². The number of aryl methyl sites for hydroxylation is 2. The van der Waals surface area contributed by atoms with Crippen molar-refractivity contribution in [2.45, 2.75) is 57.2 Å². The van der Waals surface area contributed by atoms with Crippen molar-refractivity contribution in [3.63, 3.8) is 0 Å². The van der Waals surface area contributed by atoms with Crippen molar-refractivity contribution in [3.05, 3.63) is 131 Å². The molecule has 2 nitrogen and oxygen atoms in total. The molecule has 0 aliphatic carbocycles. The number of aromatic nitrogens is 1. The van der Waals surface area contributed by atoms with E-state index in [2.05, 4.69) is 111 Å². The molecule has 0 radical (unpaired) electrons. The van der Waals surface area contributed by atoms with Gasteiger partial charge in [-0.1, -0.05) is 111 Å². The molecule has 0 fully saturated rings. The number of rotatable bonds is 5. The zero-order chi connectivity index (χ0) is 25.9. The SMILES string of the molecule is Cc1cccc(C[C@@](C#Cc2ccccc2)(O[Si@]2(C(C)(C)C)CCc3ccccc32)c2ccccc2)n1. The van der Waals surface area contributed by atoms with Gasteiger partial charge in [-0.15, -0.1) is 0 Å². The van der Waals surface area contributed by atoms with Gasteiger partial charge in [-0.2, -0.15) is 0 Å². The van der Waals surface area contributed by atoms with Crippen LogP contribution in [-0.2, 0) is 22.9 Å². The minimum absolute atomic E-state index is 0.0197. The fourth-order valence-corrected chi connectivity index (χ4v) is 10.5. The molecule has 5 rings (SSSR count). The number of fused-ring (bicyclic) bond motifs is 1. The summed E-state index contributed by atoms with van der Waals surface area (Å²) in [4.78, 5) is 4.91. The van der Waals surface area contributed by atoms with Gasteiger partial charge >= 0.3 is 0 Å². The molecule has 0 saturated carbocycles. The fraction of sp³-hybridized carbons (Fsp3) is 0.265. The molecule has 37 heavy (non-hydrogen) atoms. The van der Waals surface area contributed by atoms with Crippen molar-refractivity contribution in [1.82, 2.24) is 4.98 Å². The van der Waals surface area contributed by atoms with Crippen LogP contribution in [-0.4, -0.2) is 13.3 Å². The van der Waals surface area contributed by atoms with Crippen molar-refractivity contribution >= 4 is 13.5 Å². The number of benzene rings is 3.